The highest BCUT2D eigenvalue weighted by molar-refractivity contribution is 5.79. The van der Waals surface area contributed by atoms with E-state index in [1.54, 1.807) is 0 Å². The van der Waals surface area contributed by atoms with Crippen molar-refractivity contribution in [1.29, 1.82) is 0 Å². The maximum absolute atomic E-state index is 5.61. The van der Waals surface area contributed by atoms with Crippen LogP contribution in [0.3, 0.4) is 0 Å². The van der Waals surface area contributed by atoms with E-state index in [1.165, 1.54) is 16.5 Å². The first-order valence-electron chi connectivity index (χ1n) is 5.05. The summed E-state index contributed by atoms with van der Waals surface area (Å²) in [5, 5.41) is 1.28. The number of H-pyrrole nitrogens is 1. The first-order valence-corrected chi connectivity index (χ1v) is 5.05. The minimum absolute atomic E-state index is 0.561. The molecule has 2 rings (SSSR count). The summed E-state index contributed by atoms with van der Waals surface area (Å²) in [6.07, 6.45) is 3.04. The number of fused-ring (bicyclic) bond motifs is 1. The van der Waals surface area contributed by atoms with E-state index in [-0.39, 0.29) is 0 Å². The first-order chi connectivity index (χ1) is 6.79. The Hall–Kier alpha value is -1.28. The van der Waals surface area contributed by atoms with Gasteiger partial charge in [0, 0.05) is 11.7 Å². The molecular formula is C12H16N2. The van der Waals surface area contributed by atoms with Crippen LogP contribution in [0.4, 0.5) is 0 Å². The Kier molecular flexibility index (Phi) is 2.55. The third-order valence-electron chi connectivity index (χ3n) is 2.60. The molecule has 0 amide bonds. The van der Waals surface area contributed by atoms with Gasteiger partial charge in [0.2, 0.25) is 0 Å². The fourth-order valence-corrected chi connectivity index (χ4v) is 1.72. The van der Waals surface area contributed by atoms with Gasteiger partial charge in [-0.1, -0.05) is 13.0 Å². The zero-order valence-electron chi connectivity index (χ0n) is 8.46. The van der Waals surface area contributed by atoms with E-state index < -0.39 is 0 Å². The molecule has 1 aromatic carbocycles. The van der Waals surface area contributed by atoms with Crippen LogP contribution in [0.25, 0.3) is 10.9 Å². The van der Waals surface area contributed by atoms with Crippen LogP contribution in [0.1, 0.15) is 12.5 Å². The third kappa shape index (κ3) is 1.80. The quantitative estimate of drug-likeness (QED) is 0.762. The standard InChI is InChI=1S/C12H16N2/c1-9(8-13)6-10-2-3-12-11(7-10)4-5-14-12/h2-5,7,9,14H,6,8,13H2,1H3. The van der Waals surface area contributed by atoms with E-state index in [9.17, 15) is 0 Å². The smallest absolute Gasteiger partial charge is 0.0454 e. The number of benzene rings is 1. The summed E-state index contributed by atoms with van der Waals surface area (Å²) >= 11 is 0. The topological polar surface area (TPSA) is 41.8 Å². The van der Waals surface area contributed by atoms with Crippen LogP contribution in [-0.2, 0) is 6.42 Å². The molecular weight excluding hydrogens is 172 g/mol. The molecule has 1 aromatic heterocycles. The molecule has 74 valence electrons. The molecule has 0 spiro atoms. The van der Waals surface area contributed by atoms with Gasteiger partial charge in [-0.05, 0) is 48.0 Å². The maximum atomic E-state index is 5.61. The monoisotopic (exact) mass is 188 g/mol. The predicted molar refractivity (Wildman–Crippen MR) is 60.2 cm³/mol. The highest BCUT2D eigenvalue weighted by Crippen LogP contribution is 2.16. The van der Waals surface area contributed by atoms with Crippen LogP contribution in [-0.4, -0.2) is 11.5 Å². The molecule has 2 heteroatoms. The molecule has 0 bridgehead atoms. The molecule has 0 aliphatic heterocycles. The first kappa shape index (κ1) is 9.28. The SMILES string of the molecule is CC(CN)Cc1ccc2[nH]ccc2c1. The van der Waals surface area contributed by atoms with Gasteiger partial charge in [-0.15, -0.1) is 0 Å². The van der Waals surface area contributed by atoms with Crippen LogP contribution in [0.5, 0.6) is 0 Å². The summed E-state index contributed by atoms with van der Waals surface area (Å²) in [6, 6.07) is 8.64. The van der Waals surface area contributed by atoms with Crippen molar-refractivity contribution in [2.24, 2.45) is 11.7 Å². The van der Waals surface area contributed by atoms with E-state index >= 15 is 0 Å². The Morgan fingerprint density at radius 3 is 3.00 bits per heavy atom. The second-order valence-electron chi connectivity index (χ2n) is 3.94. The second kappa shape index (κ2) is 3.84. The normalized spacial score (nSPS) is 13.3. The van der Waals surface area contributed by atoms with Gasteiger partial charge in [0.15, 0.2) is 0 Å². The minimum Gasteiger partial charge on any atom is -0.361 e. The molecule has 0 aliphatic carbocycles. The summed E-state index contributed by atoms with van der Waals surface area (Å²) in [5.74, 6) is 0.561. The Morgan fingerprint density at radius 2 is 2.21 bits per heavy atom. The minimum atomic E-state index is 0.561. The fraction of sp³-hybridized carbons (Fsp3) is 0.333. The lowest BCUT2D eigenvalue weighted by Gasteiger charge is -2.07. The molecule has 14 heavy (non-hydrogen) atoms. The van der Waals surface area contributed by atoms with Gasteiger partial charge in [0.25, 0.3) is 0 Å². The Morgan fingerprint density at radius 1 is 1.36 bits per heavy atom. The van der Waals surface area contributed by atoms with Gasteiger partial charge < -0.3 is 10.7 Å². The molecule has 1 heterocycles. The maximum Gasteiger partial charge on any atom is 0.0454 e. The van der Waals surface area contributed by atoms with Crippen LogP contribution >= 0.6 is 0 Å². The molecule has 0 radical (unpaired) electrons. The average Bonchev–Trinajstić information content (AvgIpc) is 2.64. The summed E-state index contributed by atoms with van der Waals surface area (Å²) < 4.78 is 0. The number of nitrogens with two attached hydrogens (primary N) is 1. The summed E-state index contributed by atoms with van der Waals surface area (Å²) in [6.45, 7) is 2.94. The van der Waals surface area contributed by atoms with Gasteiger partial charge in [0.05, 0.1) is 0 Å². The van der Waals surface area contributed by atoms with E-state index in [0.717, 1.165) is 13.0 Å². The zero-order valence-corrected chi connectivity index (χ0v) is 8.46. The van der Waals surface area contributed by atoms with Gasteiger partial charge in [-0.2, -0.15) is 0 Å². The lowest BCUT2D eigenvalue weighted by Crippen LogP contribution is -2.12. The Balaban J connectivity index is 2.25. The molecule has 1 atom stereocenters. The Labute approximate surface area is 84.1 Å². The number of aromatic nitrogens is 1. The van der Waals surface area contributed by atoms with E-state index in [1.807, 2.05) is 6.20 Å². The van der Waals surface area contributed by atoms with E-state index in [0.29, 0.717) is 5.92 Å². The lowest BCUT2D eigenvalue weighted by atomic mass is 10.0. The van der Waals surface area contributed by atoms with Crippen LogP contribution in [0, 0.1) is 5.92 Å². The largest absolute Gasteiger partial charge is 0.361 e. The number of hydrogen-bond acceptors (Lipinski definition) is 1. The third-order valence-corrected chi connectivity index (χ3v) is 2.60. The number of aromatic amines is 1. The van der Waals surface area contributed by atoms with Crippen molar-refractivity contribution in [1.82, 2.24) is 4.98 Å². The number of rotatable bonds is 3. The van der Waals surface area contributed by atoms with Gasteiger partial charge in [-0.25, -0.2) is 0 Å². The molecule has 0 aliphatic rings. The number of nitrogens with one attached hydrogen (secondary N) is 1. The van der Waals surface area contributed by atoms with Gasteiger partial charge in [0.1, 0.15) is 0 Å². The highest BCUT2D eigenvalue weighted by atomic mass is 14.7. The second-order valence-corrected chi connectivity index (χ2v) is 3.94. The Bertz CT molecular complexity index is 417. The van der Waals surface area contributed by atoms with Crippen LogP contribution < -0.4 is 5.73 Å². The van der Waals surface area contributed by atoms with Crippen molar-refractivity contribution in [3.05, 3.63) is 36.0 Å². The van der Waals surface area contributed by atoms with Crippen LogP contribution in [0.2, 0.25) is 0 Å². The van der Waals surface area contributed by atoms with Crippen LogP contribution in [0.15, 0.2) is 30.5 Å². The molecule has 2 aromatic rings. The molecule has 0 saturated heterocycles. The molecule has 1 unspecified atom stereocenters. The van der Waals surface area contributed by atoms with Crippen molar-refractivity contribution in [2.45, 2.75) is 13.3 Å². The summed E-state index contributed by atoms with van der Waals surface area (Å²) in [4.78, 5) is 3.19. The molecule has 0 fully saturated rings. The fourth-order valence-electron chi connectivity index (χ4n) is 1.72. The van der Waals surface area contributed by atoms with Gasteiger partial charge >= 0.3 is 0 Å². The van der Waals surface area contributed by atoms with Crippen molar-refractivity contribution >= 4 is 10.9 Å². The van der Waals surface area contributed by atoms with Crippen molar-refractivity contribution in [2.75, 3.05) is 6.54 Å². The van der Waals surface area contributed by atoms with E-state index in [2.05, 4.69) is 36.2 Å². The lowest BCUT2D eigenvalue weighted by molar-refractivity contribution is 0.593. The molecule has 2 nitrogen and oxygen atoms in total. The highest BCUT2D eigenvalue weighted by Gasteiger charge is 2.02. The predicted octanol–water partition coefficient (Wildman–Crippen LogP) is 2.31. The van der Waals surface area contributed by atoms with Crippen molar-refractivity contribution in [3.8, 4) is 0 Å². The summed E-state index contributed by atoms with van der Waals surface area (Å²) in [7, 11) is 0. The zero-order chi connectivity index (χ0) is 9.97. The molecule has 3 N–H and O–H groups in total. The van der Waals surface area contributed by atoms with Crippen molar-refractivity contribution in [3.63, 3.8) is 0 Å². The van der Waals surface area contributed by atoms with Gasteiger partial charge in [-0.3, -0.25) is 0 Å². The average molecular weight is 188 g/mol. The van der Waals surface area contributed by atoms with E-state index in [4.69, 9.17) is 5.73 Å². The van der Waals surface area contributed by atoms with Crippen molar-refractivity contribution < 1.29 is 0 Å². The summed E-state index contributed by atoms with van der Waals surface area (Å²) in [5.41, 5.74) is 8.18. The number of hydrogen-bond donors (Lipinski definition) is 2. The molecule has 0 saturated carbocycles.